The fourth-order valence-electron chi connectivity index (χ4n) is 3.95. The van der Waals surface area contributed by atoms with E-state index in [1.54, 1.807) is 12.1 Å². The van der Waals surface area contributed by atoms with E-state index < -0.39 is 6.29 Å². The molecule has 4 atom stereocenters. The number of hydrogen-bond acceptors (Lipinski definition) is 4. The highest BCUT2D eigenvalue weighted by molar-refractivity contribution is 5.89. The predicted molar refractivity (Wildman–Crippen MR) is 117 cm³/mol. The van der Waals surface area contributed by atoms with Crippen LogP contribution in [0.1, 0.15) is 41.4 Å². The van der Waals surface area contributed by atoms with Gasteiger partial charge in [-0.3, -0.25) is 4.90 Å². The van der Waals surface area contributed by atoms with E-state index in [9.17, 15) is 4.79 Å². The van der Waals surface area contributed by atoms with E-state index in [1.165, 1.54) is 5.56 Å². The molecule has 1 heterocycles. The van der Waals surface area contributed by atoms with Gasteiger partial charge in [-0.25, -0.2) is 4.79 Å². The summed E-state index contributed by atoms with van der Waals surface area (Å²) in [5, 5.41) is 0. The number of hydrogen-bond donors (Lipinski definition) is 0. The summed E-state index contributed by atoms with van der Waals surface area (Å²) in [6.07, 6.45) is -0.780. The summed E-state index contributed by atoms with van der Waals surface area (Å²) in [5.74, 6) is -0.372. The van der Waals surface area contributed by atoms with Crippen molar-refractivity contribution in [2.75, 3.05) is 0 Å². The van der Waals surface area contributed by atoms with Crippen molar-refractivity contribution in [1.82, 2.24) is 4.90 Å². The Kier molecular flexibility index (Phi) is 6.26. The zero-order valence-corrected chi connectivity index (χ0v) is 17.3. The third kappa shape index (κ3) is 4.45. The Hall–Kier alpha value is -2.95. The zero-order valence-electron chi connectivity index (χ0n) is 17.3. The minimum Gasteiger partial charge on any atom is -0.430 e. The second-order valence-corrected chi connectivity index (χ2v) is 7.73. The number of carbonyl (C=O) groups is 1. The monoisotopic (exact) mass is 401 g/mol. The van der Waals surface area contributed by atoms with E-state index in [4.69, 9.17) is 9.47 Å². The van der Waals surface area contributed by atoms with E-state index in [0.717, 1.165) is 12.1 Å². The van der Waals surface area contributed by atoms with Gasteiger partial charge >= 0.3 is 5.97 Å². The number of ether oxygens (including phenoxy) is 2. The third-order valence-corrected chi connectivity index (χ3v) is 5.75. The number of rotatable bonds is 5. The Labute approximate surface area is 178 Å². The SMILES string of the molecule is CC1OC(OC(=O)c2ccccc2)[C@H](c2ccccc2)N(Cc2ccccc2)C1C. The molecule has 4 nitrogen and oxygen atoms in total. The maximum atomic E-state index is 12.8. The van der Waals surface area contributed by atoms with Crippen molar-refractivity contribution >= 4 is 5.97 Å². The van der Waals surface area contributed by atoms with Gasteiger partial charge < -0.3 is 9.47 Å². The first kappa shape index (κ1) is 20.3. The minimum atomic E-state index is -0.699. The molecule has 154 valence electrons. The molecule has 0 spiro atoms. The summed E-state index contributed by atoms with van der Waals surface area (Å²) in [7, 11) is 0. The normalized spacial score (nSPS) is 24.3. The molecule has 3 unspecified atom stereocenters. The van der Waals surface area contributed by atoms with Crippen LogP contribution in [0.2, 0.25) is 0 Å². The Bertz CT molecular complexity index is 946. The topological polar surface area (TPSA) is 38.8 Å². The second-order valence-electron chi connectivity index (χ2n) is 7.73. The summed E-state index contributed by atoms with van der Waals surface area (Å²) < 4.78 is 12.2. The first-order valence-corrected chi connectivity index (χ1v) is 10.4. The molecular weight excluding hydrogens is 374 g/mol. The molecule has 1 aliphatic heterocycles. The van der Waals surface area contributed by atoms with Crippen molar-refractivity contribution < 1.29 is 14.3 Å². The van der Waals surface area contributed by atoms with Crippen molar-refractivity contribution in [1.29, 1.82) is 0 Å². The van der Waals surface area contributed by atoms with Crippen LogP contribution in [0, 0.1) is 0 Å². The highest BCUT2D eigenvalue weighted by Crippen LogP contribution is 2.37. The number of carbonyl (C=O) groups excluding carboxylic acids is 1. The molecule has 30 heavy (non-hydrogen) atoms. The lowest BCUT2D eigenvalue weighted by atomic mass is 9.97. The molecule has 4 heteroatoms. The summed E-state index contributed by atoms with van der Waals surface area (Å²) in [6, 6.07) is 29.5. The fourth-order valence-corrected chi connectivity index (χ4v) is 3.95. The van der Waals surface area contributed by atoms with Gasteiger partial charge in [0.2, 0.25) is 6.29 Å². The lowest BCUT2D eigenvalue weighted by Gasteiger charge is -2.47. The number of esters is 1. The quantitative estimate of drug-likeness (QED) is 0.550. The van der Waals surface area contributed by atoms with Crippen LogP contribution >= 0.6 is 0 Å². The summed E-state index contributed by atoms with van der Waals surface area (Å²) >= 11 is 0. The van der Waals surface area contributed by atoms with Crippen molar-refractivity contribution in [3.8, 4) is 0 Å². The van der Waals surface area contributed by atoms with Gasteiger partial charge in [0, 0.05) is 12.6 Å². The van der Waals surface area contributed by atoms with E-state index >= 15 is 0 Å². The summed E-state index contributed by atoms with van der Waals surface area (Å²) in [5.41, 5.74) is 2.80. The number of morpholine rings is 1. The van der Waals surface area contributed by atoms with Crippen LogP contribution < -0.4 is 0 Å². The van der Waals surface area contributed by atoms with Gasteiger partial charge in [-0.15, -0.1) is 0 Å². The number of benzene rings is 3. The Balaban J connectivity index is 1.67. The Morgan fingerprint density at radius 1 is 0.867 bits per heavy atom. The third-order valence-electron chi connectivity index (χ3n) is 5.75. The first-order valence-electron chi connectivity index (χ1n) is 10.4. The molecule has 0 saturated carbocycles. The van der Waals surface area contributed by atoms with Gasteiger partial charge in [0.1, 0.15) is 0 Å². The highest BCUT2D eigenvalue weighted by Gasteiger charge is 2.43. The van der Waals surface area contributed by atoms with Gasteiger partial charge in [-0.05, 0) is 37.1 Å². The van der Waals surface area contributed by atoms with Crippen molar-refractivity contribution in [3.63, 3.8) is 0 Å². The van der Waals surface area contributed by atoms with Crippen LogP contribution in [0.4, 0.5) is 0 Å². The van der Waals surface area contributed by atoms with Crippen LogP contribution in [-0.2, 0) is 16.0 Å². The van der Waals surface area contributed by atoms with E-state index in [0.29, 0.717) is 5.56 Å². The standard InChI is InChI=1S/C26H27NO3/c1-19-20(2)29-26(30-25(28)23-16-10-5-11-17-23)24(22-14-8-4-9-15-22)27(19)18-21-12-6-3-7-13-21/h3-17,19-20,24,26H,18H2,1-2H3/t19?,20?,24-,26?/m0/s1. The lowest BCUT2D eigenvalue weighted by Crippen LogP contribution is -2.55. The molecule has 0 bridgehead atoms. The highest BCUT2D eigenvalue weighted by atomic mass is 16.7. The molecule has 3 aromatic carbocycles. The molecule has 4 rings (SSSR count). The number of nitrogens with zero attached hydrogens (tertiary/aromatic N) is 1. The van der Waals surface area contributed by atoms with E-state index in [-0.39, 0.29) is 24.2 Å². The minimum absolute atomic E-state index is 0.0813. The second kappa shape index (κ2) is 9.24. The average molecular weight is 402 g/mol. The zero-order chi connectivity index (χ0) is 20.9. The van der Waals surface area contributed by atoms with Crippen LogP contribution in [0.3, 0.4) is 0 Å². The van der Waals surface area contributed by atoms with Crippen LogP contribution in [0.25, 0.3) is 0 Å². The molecule has 0 amide bonds. The molecule has 1 aliphatic rings. The molecule has 1 fully saturated rings. The summed E-state index contributed by atoms with van der Waals surface area (Å²) in [6.45, 7) is 4.95. The molecule has 1 saturated heterocycles. The molecular formula is C26H27NO3. The molecule has 0 N–H and O–H groups in total. The Morgan fingerprint density at radius 2 is 1.43 bits per heavy atom. The van der Waals surface area contributed by atoms with Crippen molar-refractivity contribution in [2.24, 2.45) is 0 Å². The van der Waals surface area contributed by atoms with E-state index in [1.807, 2.05) is 61.5 Å². The maximum Gasteiger partial charge on any atom is 0.340 e. The average Bonchev–Trinajstić information content (AvgIpc) is 2.79. The van der Waals surface area contributed by atoms with Crippen LogP contribution in [0.5, 0.6) is 0 Å². The van der Waals surface area contributed by atoms with Gasteiger partial charge in [-0.1, -0.05) is 78.9 Å². The van der Waals surface area contributed by atoms with Crippen molar-refractivity contribution in [3.05, 3.63) is 108 Å². The van der Waals surface area contributed by atoms with Gasteiger partial charge in [0.25, 0.3) is 0 Å². The molecule has 0 radical (unpaired) electrons. The van der Waals surface area contributed by atoms with Crippen LogP contribution in [-0.4, -0.2) is 29.3 Å². The van der Waals surface area contributed by atoms with Gasteiger partial charge in [0.05, 0.1) is 17.7 Å². The Morgan fingerprint density at radius 3 is 2.07 bits per heavy atom. The largest absolute Gasteiger partial charge is 0.430 e. The summed E-state index contributed by atoms with van der Waals surface area (Å²) in [4.78, 5) is 15.2. The van der Waals surface area contributed by atoms with E-state index in [2.05, 4.69) is 36.1 Å². The van der Waals surface area contributed by atoms with Crippen LogP contribution in [0.15, 0.2) is 91.0 Å². The lowest BCUT2D eigenvalue weighted by molar-refractivity contribution is -0.231. The fraction of sp³-hybridized carbons (Fsp3) is 0.269. The van der Waals surface area contributed by atoms with Crippen molar-refractivity contribution in [2.45, 2.75) is 44.9 Å². The smallest absolute Gasteiger partial charge is 0.340 e. The molecule has 3 aromatic rings. The molecule has 0 aliphatic carbocycles. The first-order chi connectivity index (χ1) is 14.6. The van der Waals surface area contributed by atoms with Gasteiger partial charge in [0.15, 0.2) is 0 Å². The predicted octanol–water partition coefficient (Wildman–Crippen LogP) is 5.22. The maximum absolute atomic E-state index is 12.8. The van der Waals surface area contributed by atoms with Gasteiger partial charge in [-0.2, -0.15) is 0 Å². The molecule has 0 aromatic heterocycles.